The summed E-state index contributed by atoms with van der Waals surface area (Å²) in [6.45, 7) is 5.01. The summed E-state index contributed by atoms with van der Waals surface area (Å²) >= 11 is 0. The van der Waals surface area contributed by atoms with Gasteiger partial charge in [0, 0.05) is 31.2 Å². The number of para-hydroxylation sites is 1. The van der Waals surface area contributed by atoms with Gasteiger partial charge in [-0.05, 0) is 68.1 Å². The second kappa shape index (κ2) is 13.2. The zero-order chi connectivity index (χ0) is 32.3. The summed E-state index contributed by atoms with van der Waals surface area (Å²) in [5.74, 6) is 0.998. The number of amides is 3. The molecule has 3 aromatic carbocycles. The van der Waals surface area contributed by atoms with Crippen molar-refractivity contribution in [3.05, 3.63) is 77.4 Å². The molecule has 3 aromatic rings. The third-order valence-electron chi connectivity index (χ3n) is 7.79. The van der Waals surface area contributed by atoms with E-state index in [0.717, 1.165) is 29.8 Å². The number of benzene rings is 3. The van der Waals surface area contributed by atoms with E-state index in [0.29, 0.717) is 31.1 Å². The molecule has 2 aliphatic heterocycles. The van der Waals surface area contributed by atoms with Gasteiger partial charge >= 0.3 is 12.2 Å². The molecule has 0 saturated heterocycles. The average molecular weight is 629 g/mol. The van der Waals surface area contributed by atoms with Crippen LogP contribution in [-0.2, 0) is 12.7 Å². The van der Waals surface area contributed by atoms with Crippen LogP contribution in [0.5, 0.6) is 17.2 Å². The Bertz CT molecular complexity index is 1530. The molecule has 0 saturated carbocycles. The molecule has 2 aliphatic rings. The maximum absolute atomic E-state index is 13.7. The van der Waals surface area contributed by atoms with Crippen molar-refractivity contribution in [2.75, 3.05) is 44.2 Å². The minimum atomic E-state index is -4.50. The predicted molar refractivity (Wildman–Crippen MR) is 161 cm³/mol. The first kappa shape index (κ1) is 31.9. The van der Waals surface area contributed by atoms with Crippen LogP contribution in [-0.4, -0.2) is 72.5 Å². The van der Waals surface area contributed by atoms with E-state index in [4.69, 9.17) is 14.2 Å². The predicted octanol–water partition coefficient (Wildman–Crippen LogP) is 5.43. The quantitative estimate of drug-likeness (QED) is 0.305. The molecule has 0 aliphatic carbocycles. The van der Waals surface area contributed by atoms with Crippen LogP contribution in [0.2, 0.25) is 0 Å². The molecule has 3 amide bonds. The highest BCUT2D eigenvalue weighted by Gasteiger charge is 2.35. The van der Waals surface area contributed by atoms with Gasteiger partial charge in [0.05, 0.1) is 29.5 Å². The molecular weight excluding hydrogens is 593 g/mol. The van der Waals surface area contributed by atoms with E-state index in [-0.39, 0.29) is 47.9 Å². The molecule has 45 heavy (non-hydrogen) atoms. The van der Waals surface area contributed by atoms with Crippen molar-refractivity contribution in [3.63, 3.8) is 0 Å². The third kappa shape index (κ3) is 7.43. The molecule has 5 rings (SSSR count). The normalized spacial score (nSPS) is 18.5. The largest absolute Gasteiger partial charge is 0.486 e. The average Bonchev–Trinajstić information content (AvgIpc) is 3.46. The van der Waals surface area contributed by atoms with E-state index in [2.05, 4.69) is 15.5 Å². The molecule has 240 valence electrons. The van der Waals surface area contributed by atoms with Crippen molar-refractivity contribution in [1.82, 2.24) is 9.80 Å². The van der Waals surface area contributed by atoms with Gasteiger partial charge in [-0.25, -0.2) is 4.79 Å². The second-order valence-corrected chi connectivity index (χ2v) is 11.3. The van der Waals surface area contributed by atoms with Crippen LogP contribution in [0.4, 0.5) is 29.3 Å². The number of fused-ring (bicyclic) bond motifs is 2. The maximum Gasteiger partial charge on any atom is 0.416 e. The van der Waals surface area contributed by atoms with Crippen LogP contribution < -0.4 is 24.8 Å². The first-order chi connectivity index (χ1) is 21.4. The molecule has 13 heteroatoms. The van der Waals surface area contributed by atoms with Gasteiger partial charge in [0.25, 0.3) is 5.91 Å². The van der Waals surface area contributed by atoms with Crippen molar-refractivity contribution in [1.29, 1.82) is 0 Å². The van der Waals surface area contributed by atoms with E-state index in [1.807, 2.05) is 32.2 Å². The summed E-state index contributed by atoms with van der Waals surface area (Å²) in [5.41, 5.74) is 0.733. The monoisotopic (exact) mass is 628 g/mol. The number of hydrogen-bond acceptors (Lipinski definition) is 7. The van der Waals surface area contributed by atoms with Crippen molar-refractivity contribution in [3.8, 4) is 17.2 Å². The van der Waals surface area contributed by atoms with Crippen molar-refractivity contribution in [2.24, 2.45) is 5.92 Å². The molecular formula is C32H35F3N4O6. The van der Waals surface area contributed by atoms with Gasteiger partial charge < -0.3 is 34.9 Å². The number of halogens is 3. The molecule has 0 aromatic heterocycles. The van der Waals surface area contributed by atoms with Gasteiger partial charge in [0.1, 0.15) is 6.10 Å². The Morgan fingerprint density at radius 2 is 1.82 bits per heavy atom. The SMILES string of the molecule is C[C@@H]1CN([C@@H](C)CO)C(=O)c2cccc(NC(=O)Nc3ccc(C(F)(F)F)cc3)c2O[C@@H]1CN(C)Cc1ccc2c(c1)OCO2. The number of nitrogens with zero attached hydrogens (tertiary/aromatic N) is 2. The summed E-state index contributed by atoms with van der Waals surface area (Å²) in [4.78, 5) is 30.4. The second-order valence-electron chi connectivity index (χ2n) is 11.3. The van der Waals surface area contributed by atoms with E-state index in [9.17, 15) is 27.9 Å². The summed E-state index contributed by atoms with van der Waals surface area (Å²) in [6.07, 6.45) is -4.94. The lowest BCUT2D eigenvalue weighted by atomic mass is 9.99. The van der Waals surface area contributed by atoms with Crippen LogP contribution >= 0.6 is 0 Å². The number of carbonyl (C=O) groups excluding carboxylic acids is 2. The number of likely N-dealkylation sites (N-methyl/N-ethyl adjacent to an activating group) is 1. The van der Waals surface area contributed by atoms with Gasteiger partial charge in [-0.1, -0.05) is 19.1 Å². The van der Waals surface area contributed by atoms with Gasteiger partial charge in [0.2, 0.25) is 6.79 Å². The number of ether oxygens (including phenoxy) is 3. The van der Waals surface area contributed by atoms with Gasteiger partial charge in [0.15, 0.2) is 17.2 Å². The maximum atomic E-state index is 13.7. The van der Waals surface area contributed by atoms with E-state index >= 15 is 0 Å². The number of rotatable bonds is 8. The number of aliphatic hydroxyl groups is 1. The first-order valence-electron chi connectivity index (χ1n) is 14.5. The smallest absolute Gasteiger partial charge is 0.416 e. The fourth-order valence-electron chi connectivity index (χ4n) is 5.31. The molecule has 3 N–H and O–H groups in total. The zero-order valence-electron chi connectivity index (χ0n) is 25.1. The van der Waals surface area contributed by atoms with Gasteiger partial charge in [-0.15, -0.1) is 0 Å². The summed E-state index contributed by atoms with van der Waals surface area (Å²) in [5, 5.41) is 15.1. The number of aliphatic hydroxyl groups excluding tert-OH is 1. The molecule has 0 radical (unpaired) electrons. The van der Waals surface area contributed by atoms with Gasteiger partial charge in [-0.3, -0.25) is 9.69 Å². The van der Waals surface area contributed by atoms with Gasteiger partial charge in [-0.2, -0.15) is 13.2 Å². The molecule has 0 bridgehead atoms. The minimum Gasteiger partial charge on any atom is -0.486 e. The lowest BCUT2D eigenvalue weighted by Crippen LogP contribution is -2.49. The number of carbonyl (C=O) groups is 2. The van der Waals surface area contributed by atoms with Crippen molar-refractivity contribution >= 4 is 23.3 Å². The van der Waals surface area contributed by atoms with Crippen LogP contribution in [0.1, 0.15) is 35.3 Å². The Morgan fingerprint density at radius 1 is 1.09 bits per heavy atom. The van der Waals surface area contributed by atoms with Crippen LogP contribution in [0.15, 0.2) is 60.7 Å². The van der Waals surface area contributed by atoms with E-state index in [1.165, 1.54) is 0 Å². The molecule has 0 fully saturated rings. The van der Waals surface area contributed by atoms with Crippen LogP contribution in [0, 0.1) is 5.92 Å². The fourth-order valence-corrected chi connectivity index (χ4v) is 5.31. The molecule has 3 atom stereocenters. The topological polar surface area (TPSA) is 113 Å². The number of alkyl halides is 3. The number of nitrogens with one attached hydrogen (secondary N) is 2. The summed E-state index contributed by atoms with van der Waals surface area (Å²) in [7, 11) is 1.95. The Balaban J connectivity index is 1.38. The third-order valence-corrected chi connectivity index (χ3v) is 7.79. The van der Waals surface area contributed by atoms with Crippen molar-refractivity contribution in [2.45, 2.75) is 38.7 Å². The lowest BCUT2D eigenvalue weighted by Gasteiger charge is -2.38. The number of urea groups is 1. The van der Waals surface area contributed by atoms with Crippen LogP contribution in [0.3, 0.4) is 0 Å². The first-order valence-corrected chi connectivity index (χ1v) is 14.5. The Kier molecular flexibility index (Phi) is 9.40. The highest BCUT2D eigenvalue weighted by atomic mass is 19.4. The molecule has 0 unspecified atom stereocenters. The fraction of sp³-hybridized carbons (Fsp3) is 0.375. The Labute approximate surface area is 258 Å². The Hall–Kier alpha value is -4.49. The van der Waals surface area contributed by atoms with Crippen LogP contribution in [0.25, 0.3) is 0 Å². The van der Waals surface area contributed by atoms with E-state index < -0.39 is 29.9 Å². The zero-order valence-corrected chi connectivity index (χ0v) is 25.1. The minimum absolute atomic E-state index is 0.149. The lowest BCUT2D eigenvalue weighted by molar-refractivity contribution is -0.137. The Morgan fingerprint density at radius 3 is 2.53 bits per heavy atom. The molecule has 0 spiro atoms. The highest BCUT2D eigenvalue weighted by molar-refractivity contribution is 6.04. The molecule has 2 heterocycles. The summed E-state index contributed by atoms with van der Waals surface area (Å²) < 4.78 is 56.3. The van der Waals surface area contributed by atoms with E-state index in [1.54, 1.807) is 30.0 Å². The molecule has 10 nitrogen and oxygen atoms in total. The number of anilines is 2. The van der Waals surface area contributed by atoms with Crippen molar-refractivity contribution < 1.29 is 42.1 Å². The standard InChI is InChI=1S/C32H35F3N4O6/c1-19-14-39(20(2)17-40)30(41)24-5-4-6-25(37-31(42)36-23-10-8-22(9-11-23)32(33,34)35)29(24)45-28(19)16-38(3)15-21-7-12-26-27(13-21)44-18-43-26/h4-13,19-20,28,40H,14-18H2,1-3H3,(H2,36,37,42)/t19-,20+,28-/m1/s1. The summed E-state index contributed by atoms with van der Waals surface area (Å²) in [6, 6.07) is 13.4. The number of hydrogen-bond donors (Lipinski definition) is 3. The highest BCUT2D eigenvalue weighted by Crippen LogP contribution is 2.36.